The van der Waals surface area contributed by atoms with Gasteiger partial charge in [-0.1, -0.05) is 28.1 Å². The average molecular weight is 250 g/mol. The summed E-state index contributed by atoms with van der Waals surface area (Å²) in [4.78, 5) is 0. The number of hydrogen-bond donors (Lipinski definition) is 2. The third kappa shape index (κ3) is 3.44. The Hall–Kier alpha value is -0.230. The molecular formula is C7H8BrNO2S. The Balaban J connectivity index is 2.53. The molecule has 0 spiro atoms. The summed E-state index contributed by atoms with van der Waals surface area (Å²) in [6, 6.07) is 7.53. The zero-order valence-electron chi connectivity index (χ0n) is 6.16. The summed E-state index contributed by atoms with van der Waals surface area (Å²) in [7, 11) is 0. The van der Waals surface area contributed by atoms with Crippen molar-refractivity contribution in [3.8, 4) is 0 Å². The summed E-state index contributed by atoms with van der Waals surface area (Å²) in [6.45, 7) is 0.399. The quantitative estimate of drug-likeness (QED) is 0.802. The fourth-order valence-electron chi connectivity index (χ4n) is 0.747. The Kier molecular flexibility index (Phi) is 3.87. The van der Waals surface area contributed by atoms with E-state index in [-0.39, 0.29) is 0 Å². The lowest BCUT2D eigenvalue weighted by atomic mass is 10.2. The standard InChI is InChI=1S/C7H8BrNO2S/c8-7-3-1-6(2-4-7)5-9-12(10)11/h1-4,9H,5H2,(H,10,11). The SMILES string of the molecule is O=S(O)NCc1ccc(Br)cc1. The highest BCUT2D eigenvalue weighted by Crippen LogP contribution is 2.09. The van der Waals surface area contributed by atoms with Crippen molar-refractivity contribution in [3.05, 3.63) is 34.3 Å². The van der Waals surface area contributed by atoms with Gasteiger partial charge in [-0.05, 0) is 17.7 Å². The van der Waals surface area contributed by atoms with Crippen LogP contribution in [0, 0.1) is 0 Å². The molecule has 12 heavy (non-hydrogen) atoms. The number of halogens is 1. The Morgan fingerprint density at radius 3 is 2.50 bits per heavy atom. The lowest BCUT2D eigenvalue weighted by molar-refractivity contribution is 0.548. The van der Waals surface area contributed by atoms with E-state index in [1.54, 1.807) is 0 Å². The third-order valence-electron chi connectivity index (χ3n) is 1.31. The van der Waals surface area contributed by atoms with E-state index >= 15 is 0 Å². The van der Waals surface area contributed by atoms with E-state index < -0.39 is 11.3 Å². The molecule has 1 unspecified atom stereocenters. The minimum Gasteiger partial charge on any atom is -0.294 e. The van der Waals surface area contributed by atoms with Gasteiger partial charge < -0.3 is 0 Å². The van der Waals surface area contributed by atoms with E-state index in [0.717, 1.165) is 10.0 Å². The molecule has 0 radical (unpaired) electrons. The maximum absolute atomic E-state index is 10.2. The van der Waals surface area contributed by atoms with Gasteiger partial charge in [0.15, 0.2) is 0 Å². The van der Waals surface area contributed by atoms with Gasteiger partial charge in [-0.15, -0.1) is 0 Å². The summed E-state index contributed by atoms with van der Waals surface area (Å²) in [6.07, 6.45) is 0. The molecule has 3 nitrogen and oxygen atoms in total. The van der Waals surface area contributed by atoms with E-state index in [1.807, 2.05) is 24.3 Å². The van der Waals surface area contributed by atoms with Crippen molar-refractivity contribution in [2.75, 3.05) is 0 Å². The summed E-state index contributed by atoms with van der Waals surface area (Å²) in [5.41, 5.74) is 0.973. The van der Waals surface area contributed by atoms with Crippen molar-refractivity contribution >= 4 is 27.2 Å². The third-order valence-corrected chi connectivity index (χ3v) is 2.23. The highest BCUT2D eigenvalue weighted by Gasteiger charge is 1.94. The maximum Gasteiger partial charge on any atom is 0.232 e. The molecule has 0 aliphatic rings. The monoisotopic (exact) mass is 249 g/mol. The first-order valence-electron chi connectivity index (χ1n) is 3.27. The second-order valence-corrected chi connectivity index (χ2v) is 3.90. The van der Waals surface area contributed by atoms with Gasteiger partial charge >= 0.3 is 0 Å². The molecule has 2 N–H and O–H groups in total. The van der Waals surface area contributed by atoms with Crippen LogP contribution in [0.15, 0.2) is 28.7 Å². The molecule has 0 heterocycles. The minimum atomic E-state index is -1.93. The van der Waals surface area contributed by atoms with Crippen LogP contribution in [0.2, 0.25) is 0 Å². The van der Waals surface area contributed by atoms with Gasteiger partial charge in [-0.25, -0.2) is 8.93 Å². The maximum atomic E-state index is 10.2. The van der Waals surface area contributed by atoms with Gasteiger partial charge in [0.25, 0.3) is 0 Å². The topological polar surface area (TPSA) is 49.3 Å². The predicted molar refractivity (Wildman–Crippen MR) is 51.8 cm³/mol. The second kappa shape index (κ2) is 4.71. The van der Waals surface area contributed by atoms with E-state index in [4.69, 9.17) is 4.55 Å². The number of nitrogens with one attached hydrogen (secondary N) is 1. The summed E-state index contributed by atoms with van der Waals surface area (Å²) >= 11 is 1.36. The molecule has 1 aromatic rings. The van der Waals surface area contributed by atoms with Crippen molar-refractivity contribution in [2.45, 2.75) is 6.54 Å². The highest BCUT2D eigenvalue weighted by molar-refractivity contribution is 9.10. The van der Waals surface area contributed by atoms with Crippen molar-refractivity contribution in [1.29, 1.82) is 0 Å². The molecule has 0 saturated heterocycles. The van der Waals surface area contributed by atoms with Gasteiger partial charge in [0.2, 0.25) is 11.3 Å². The second-order valence-electron chi connectivity index (χ2n) is 2.20. The molecule has 0 aromatic heterocycles. The first kappa shape index (κ1) is 9.85. The minimum absolute atomic E-state index is 0.399. The average Bonchev–Trinajstić information content (AvgIpc) is 2.03. The van der Waals surface area contributed by atoms with Crippen LogP contribution in [-0.4, -0.2) is 8.76 Å². The van der Waals surface area contributed by atoms with Crippen LogP contribution >= 0.6 is 15.9 Å². The molecule has 1 atom stereocenters. The van der Waals surface area contributed by atoms with Crippen molar-refractivity contribution in [2.24, 2.45) is 0 Å². The predicted octanol–water partition coefficient (Wildman–Crippen LogP) is 1.68. The van der Waals surface area contributed by atoms with Crippen LogP contribution in [0.5, 0.6) is 0 Å². The lowest BCUT2D eigenvalue weighted by Gasteiger charge is -1.99. The summed E-state index contributed by atoms with van der Waals surface area (Å²) in [5, 5.41) is 0. The van der Waals surface area contributed by atoms with Gasteiger partial charge in [-0.3, -0.25) is 4.55 Å². The van der Waals surface area contributed by atoms with Crippen LogP contribution in [-0.2, 0) is 17.8 Å². The summed E-state index contributed by atoms with van der Waals surface area (Å²) in [5.74, 6) is 0. The highest BCUT2D eigenvalue weighted by atomic mass is 79.9. The molecule has 0 bridgehead atoms. The molecule has 0 saturated carbocycles. The molecule has 1 aromatic carbocycles. The molecule has 0 amide bonds. The Morgan fingerprint density at radius 1 is 1.42 bits per heavy atom. The van der Waals surface area contributed by atoms with Gasteiger partial charge in [0.1, 0.15) is 0 Å². The zero-order chi connectivity index (χ0) is 8.97. The number of benzene rings is 1. The fourth-order valence-corrected chi connectivity index (χ4v) is 1.30. The van der Waals surface area contributed by atoms with Crippen LogP contribution in [0.1, 0.15) is 5.56 Å². The fraction of sp³-hybridized carbons (Fsp3) is 0.143. The first-order chi connectivity index (χ1) is 5.68. The van der Waals surface area contributed by atoms with E-state index in [1.165, 1.54) is 0 Å². The molecule has 66 valence electrons. The van der Waals surface area contributed by atoms with Gasteiger partial charge in [0.05, 0.1) is 0 Å². The lowest BCUT2D eigenvalue weighted by Crippen LogP contribution is -2.15. The molecule has 5 heteroatoms. The largest absolute Gasteiger partial charge is 0.294 e. The summed E-state index contributed by atoms with van der Waals surface area (Å²) < 4.78 is 22.0. The van der Waals surface area contributed by atoms with Gasteiger partial charge in [-0.2, -0.15) is 0 Å². The van der Waals surface area contributed by atoms with Crippen molar-refractivity contribution < 1.29 is 8.76 Å². The van der Waals surface area contributed by atoms with Crippen molar-refractivity contribution in [1.82, 2.24) is 4.72 Å². The Labute approximate surface area is 81.7 Å². The number of rotatable bonds is 3. The smallest absolute Gasteiger partial charge is 0.232 e. The zero-order valence-corrected chi connectivity index (χ0v) is 8.56. The Bertz CT molecular complexity index is 275. The van der Waals surface area contributed by atoms with Crippen LogP contribution in [0.3, 0.4) is 0 Å². The van der Waals surface area contributed by atoms with E-state index in [2.05, 4.69) is 20.7 Å². The van der Waals surface area contributed by atoms with Crippen LogP contribution in [0.4, 0.5) is 0 Å². The van der Waals surface area contributed by atoms with E-state index in [0.29, 0.717) is 6.54 Å². The van der Waals surface area contributed by atoms with Gasteiger partial charge in [0, 0.05) is 11.0 Å². The van der Waals surface area contributed by atoms with Crippen LogP contribution in [0.25, 0.3) is 0 Å². The van der Waals surface area contributed by atoms with E-state index in [9.17, 15) is 4.21 Å². The van der Waals surface area contributed by atoms with Crippen LogP contribution < -0.4 is 4.72 Å². The van der Waals surface area contributed by atoms with Crippen molar-refractivity contribution in [3.63, 3.8) is 0 Å². The Morgan fingerprint density at radius 2 is 2.00 bits per heavy atom. The molecule has 0 aliphatic carbocycles. The molecule has 0 fully saturated rings. The molecule has 0 aliphatic heterocycles. The number of hydrogen-bond acceptors (Lipinski definition) is 1. The first-order valence-corrected chi connectivity index (χ1v) is 5.17. The molecular weight excluding hydrogens is 242 g/mol. The molecule has 1 rings (SSSR count). The normalized spacial score (nSPS) is 12.8.